The Morgan fingerprint density at radius 3 is 2.45 bits per heavy atom. The van der Waals surface area contributed by atoms with E-state index in [-0.39, 0.29) is 28.0 Å². The summed E-state index contributed by atoms with van der Waals surface area (Å²) in [5.74, 6) is -1.47. The highest BCUT2D eigenvalue weighted by Crippen LogP contribution is 2.53. The average Bonchev–Trinajstić information content (AvgIpc) is 3.64. The maximum absolute atomic E-state index is 13.5. The molecule has 40 heavy (non-hydrogen) atoms. The molecule has 3 heterocycles. The van der Waals surface area contributed by atoms with Gasteiger partial charge in [0.25, 0.3) is 5.92 Å². The summed E-state index contributed by atoms with van der Waals surface area (Å²) < 4.78 is 56.9. The fraction of sp³-hybridized carbons (Fsp3) is 0.333. The lowest BCUT2D eigenvalue weighted by Crippen LogP contribution is -2.40. The summed E-state index contributed by atoms with van der Waals surface area (Å²) in [6.45, 7) is 2.15. The van der Waals surface area contributed by atoms with Gasteiger partial charge in [0, 0.05) is 55.5 Å². The van der Waals surface area contributed by atoms with Crippen LogP contribution >= 0.6 is 0 Å². The number of nitrogens with one attached hydrogen (secondary N) is 1. The van der Waals surface area contributed by atoms with Gasteiger partial charge in [0.1, 0.15) is 19.4 Å². The number of para-hydroxylation sites is 1. The number of aromatic nitrogens is 1. The molecule has 6 rings (SSSR count). The van der Waals surface area contributed by atoms with E-state index in [1.54, 1.807) is 12.1 Å². The lowest BCUT2D eigenvalue weighted by Gasteiger charge is -2.32. The van der Waals surface area contributed by atoms with Gasteiger partial charge in [0.15, 0.2) is 0 Å². The number of alkyl halides is 2. The molecule has 1 atom stereocenters. The Kier molecular flexibility index (Phi) is 6.66. The quantitative estimate of drug-likeness (QED) is 0.416. The Balaban J connectivity index is 1.16. The molecular weight excluding hydrogens is 531 g/mol. The first kappa shape index (κ1) is 26.8. The molecular formula is C30H30BF2N3O3S. The number of rotatable bonds is 7. The Morgan fingerprint density at radius 1 is 1.07 bits per heavy atom. The molecule has 3 aromatic rings. The molecule has 2 radical (unpaired) electrons. The normalized spacial score (nSPS) is 20.0. The summed E-state index contributed by atoms with van der Waals surface area (Å²) in [5.41, 5.74) is 4.61. The third-order valence-corrected chi connectivity index (χ3v) is 10.1. The van der Waals surface area contributed by atoms with Crippen molar-refractivity contribution in [1.29, 1.82) is 0 Å². The molecule has 0 amide bonds. The van der Waals surface area contributed by atoms with Gasteiger partial charge in [0.2, 0.25) is 10.0 Å². The number of phenolic OH excluding ortho intramolecular Hbond substituents is 1. The second-order valence-corrected chi connectivity index (χ2v) is 12.8. The molecule has 206 valence electrons. The van der Waals surface area contributed by atoms with Crippen molar-refractivity contribution >= 4 is 34.7 Å². The third kappa shape index (κ3) is 4.88. The molecule has 2 N–H and O–H groups in total. The van der Waals surface area contributed by atoms with E-state index in [9.17, 15) is 22.3 Å². The highest BCUT2D eigenvalue weighted by Gasteiger charge is 2.40. The fourth-order valence-corrected chi connectivity index (χ4v) is 7.29. The number of piperidine rings is 1. The molecule has 3 aliphatic rings. The number of allylic oxidation sites excluding steroid dienone is 3. The zero-order chi connectivity index (χ0) is 28.2. The van der Waals surface area contributed by atoms with Gasteiger partial charge in [-0.25, -0.2) is 17.2 Å². The number of hydrogen-bond acceptors (Lipinski definition) is 4. The molecule has 2 aliphatic heterocycles. The third-order valence-electron chi connectivity index (χ3n) is 8.20. The molecule has 1 aromatic heterocycles. The van der Waals surface area contributed by atoms with Crippen LogP contribution in [0.1, 0.15) is 48.9 Å². The number of sulfonamides is 1. The van der Waals surface area contributed by atoms with E-state index in [0.29, 0.717) is 32.5 Å². The van der Waals surface area contributed by atoms with Crippen molar-refractivity contribution in [2.75, 3.05) is 19.6 Å². The van der Waals surface area contributed by atoms with Crippen LogP contribution in [-0.2, 0) is 15.9 Å². The molecule has 1 saturated heterocycles. The molecule has 10 heteroatoms. The summed E-state index contributed by atoms with van der Waals surface area (Å²) >= 11 is 0. The van der Waals surface area contributed by atoms with E-state index < -0.39 is 15.9 Å². The highest BCUT2D eigenvalue weighted by atomic mass is 32.2. The zero-order valence-electron chi connectivity index (χ0n) is 22.1. The first-order valence-electron chi connectivity index (χ1n) is 13.5. The smallest absolute Gasteiger partial charge is 0.270 e. The van der Waals surface area contributed by atoms with Gasteiger partial charge in [-0.1, -0.05) is 47.4 Å². The fourth-order valence-electron chi connectivity index (χ4n) is 5.82. The van der Waals surface area contributed by atoms with Gasteiger partial charge in [-0.15, -0.1) is 0 Å². The number of hydrogen-bond donors (Lipinski definition) is 2. The predicted molar refractivity (Wildman–Crippen MR) is 152 cm³/mol. The minimum Gasteiger partial charge on any atom is -0.507 e. The number of benzene rings is 2. The van der Waals surface area contributed by atoms with Crippen LogP contribution in [0.5, 0.6) is 5.75 Å². The van der Waals surface area contributed by atoms with E-state index in [2.05, 4.69) is 16.0 Å². The topological polar surface area (TPSA) is 74.6 Å². The lowest BCUT2D eigenvalue weighted by atomic mass is 9.94. The number of nitrogens with zero attached hydrogens (tertiary/aromatic N) is 2. The van der Waals surface area contributed by atoms with Crippen molar-refractivity contribution in [3.63, 3.8) is 0 Å². The molecule has 1 aliphatic carbocycles. The summed E-state index contributed by atoms with van der Waals surface area (Å²) in [5, 5.41) is 14.1. The summed E-state index contributed by atoms with van der Waals surface area (Å²) in [7, 11) is 2.59. The lowest BCUT2D eigenvalue weighted by molar-refractivity contribution is 0.0174. The Morgan fingerprint density at radius 2 is 1.77 bits per heavy atom. The van der Waals surface area contributed by atoms with Gasteiger partial charge >= 0.3 is 0 Å². The number of fused-ring (bicyclic) bond motifs is 3. The molecule has 1 saturated carbocycles. The van der Waals surface area contributed by atoms with Crippen molar-refractivity contribution in [3.8, 4) is 5.75 Å². The van der Waals surface area contributed by atoms with Crippen LogP contribution in [0.4, 0.5) is 8.78 Å². The van der Waals surface area contributed by atoms with Crippen molar-refractivity contribution in [1.82, 2.24) is 14.2 Å². The monoisotopic (exact) mass is 561 g/mol. The molecule has 6 nitrogen and oxygen atoms in total. The Bertz CT molecular complexity index is 1620. The number of aromatic hydroxyl groups is 1. The van der Waals surface area contributed by atoms with Crippen molar-refractivity contribution < 1.29 is 22.3 Å². The largest absolute Gasteiger partial charge is 0.507 e. The number of halogens is 2. The van der Waals surface area contributed by atoms with E-state index in [4.69, 9.17) is 7.85 Å². The summed E-state index contributed by atoms with van der Waals surface area (Å²) in [6.07, 6.45) is 6.27. The SMILES string of the molecule is [B]c1ccn2c1C1CC1=C(c1ccccc1O)C=C2NCC1CCN(S(=O)(=O)c2ccc(C(C)(F)F)cc2)CC1. The van der Waals surface area contributed by atoms with Gasteiger partial charge < -0.3 is 15.0 Å². The van der Waals surface area contributed by atoms with Gasteiger partial charge in [0.05, 0.1) is 4.90 Å². The van der Waals surface area contributed by atoms with E-state index in [0.717, 1.165) is 41.5 Å². The molecule has 1 unspecified atom stereocenters. The van der Waals surface area contributed by atoms with Crippen LogP contribution in [0.2, 0.25) is 0 Å². The van der Waals surface area contributed by atoms with E-state index in [1.165, 1.54) is 34.1 Å². The second-order valence-electron chi connectivity index (χ2n) is 10.9. The van der Waals surface area contributed by atoms with Gasteiger partial charge in [-0.3, -0.25) is 0 Å². The summed E-state index contributed by atoms with van der Waals surface area (Å²) in [6, 6.07) is 14.1. The minimum absolute atomic E-state index is 0.0294. The van der Waals surface area contributed by atoms with Crippen LogP contribution in [0, 0.1) is 5.92 Å². The predicted octanol–water partition coefficient (Wildman–Crippen LogP) is 4.54. The zero-order valence-corrected chi connectivity index (χ0v) is 23.0. The van der Waals surface area contributed by atoms with Crippen LogP contribution in [0.3, 0.4) is 0 Å². The molecule has 2 aromatic carbocycles. The van der Waals surface area contributed by atoms with Crippen LogP contribution in [0.15, 0.2) is 77.3 Å². The van der Waals surface area contributed by atoms with Crippen molar-refractivity contribution in [2.45, 2.75) is 42.9 Å². The summed E-state index contributed by atoms with van der Waals surface area (Å²) in [4.78, 5) is 0.0294. The maximum atomic E-state index is 13.5. The molecule has 0 spiro atoms. The van der Waals surface area contributed by atoms with E-state index in [1.807, 2.05) is 24.4 Å². The Labute approximate surface area is 234 Å². The molecule has 0 bridgehead atoms. The standard InChI is InChI=1S/C30H30BF2N3O3S/c1-30(32,33)20-6-8-21(9-7-20)40(38,39)35-13-10-19(11-14-35)18-34-28-17-24(22-4-2-3-5-27(22)37)23-16-25(23)29-26(31)12-15-36(28)29/h2-9,12,15,17,19,25,34,37H,10-11,13-14,16,18H2,1H3. The Hall–Kier alpha value is -3.37. The van der Waals surface area contributed by atoms with Gasteiger partial charge in [-0.2, -0.15) is 4.31 Å². The van der Waals surface area contributed by atoms with Crippen LogP contribution in [-0.4, -0.2) is 49.9 Å². The average molecular weight is 561 g/mol. The van der Waals surface area contributed by atoms with Crippen LogP contribution < -0.4 is 10.8 Å². The van der Waals surface area contributed by atoms with E-state index >= 15 is 0 Å². The van der Waals surface area contributed by atoms with Gasteiger partial charge in [-0.05, 0) is 55.0 Å². The number of phenols is 1. The maximum Gasteiger partial charge on any atom is 0.270 e. The second kappa shape index (κ2) is 9.92. The first-order valence-corrected chi connectivity index (χ1v) is 14.9. The highest BCUT2D eigenvalue weighted by molar-refractivity contribution is 7.89. The van der Waals surface area contributed by atoms with Crippen LogP contribution in [0.25, 0.3) is 11.4 Å². The van der Waals surface area contributed by atoms with Crippen molar-refractivity contribution in [3.05, 3.63) is 89.3 Å². The minimum atomic E-state index is -3.76. The molecule has 2 fully saturated rings. The van der Waals surface area contributed by atoms with Crippen molar-refractivity contribution in [2.24, 2.45) is 5.92 Å². The first-order chi connectivity index (χ1) is 19.0.